The van der Waals surface area contributed by atoms with Crippen LogP contribution in [0.15, 0.2) is 24.3 Å². The van der Waals surface area contributed by atoms with Gasteiger partial charge >= 0.3 is 5.97 Å². The summed E-state index contributed by atoms with van der Waals surface area (Å²) in [5.74, 6) is -0.0757. The molecule has 1 atom stereocenters. The number of rotatable bonds is 5. The molecule has 3 nitrogen and oxygen atoms in total. The van der Waals surface area contributed by atoms with Gasteiger partial charge in [-0.3, -0.25) is 4.79 Å². The molecule has 0 amide bonds. The number of ether oxygens (including phenoxy) is 1. The van der Waals surface area contributed by atoms with Gasteiger partial charge in [-0.25, -0.2) is 0 Å². The van der Waals surface area contributed by atoms with Gasteiger partial charge in [0, 0.05) is 5.69 Å². The topological polar surface area (TPSA) is 52.3 Å². The molecule has 2 N–H and O–H groups in total. The largest absolute Gasteiger partial charge is 0.462 e. The van der Waals surface area contributed by atoms with Crippen LogP contribution in [0.5, 0.6) is 0 Å². The van der Waals surface area contributed by atoms with Gasteiger partial charge in [0.25, 0.3) is 0 Å². The molecule has 0 aromatic heterocycles. The highest BCUT2D eigenvalue weighted by Crippen LogP contribution is 2.49. The lowest BCUT2D eigenvalue weighted by atomic mass is 9.96. The van der Waals surface area contributed by atoms with Crippen LogP contribution in [0.3, 0.4) is 0 Å². The van der Waals surface area contributed by atoms with Crippen molar-refractivity contribution in [3.8, 4) is 0 Å². The second-order valence-corrected chi connectivity index (χ2v) is 5.21. The van der Waals surface area contributed by atoms with Crippen LogP contribution in [0.25, 0.3) is 0 Å². The molecule has 1 aromatic rings. The fourth-order valence-electron chi connectivity index (χ4n) is 2.30. The summed E-state index contributed by atoms with van der Waals surface area (Å²) >= 11 is 0. The smallest absolute Gasteiger partial charge is 0.316 e. The number of carbonyl (C=O) groups excluding carboxylic acids is 1. The zero-order valence-electron chi connectivity index (χ0n) is 11.1. The molecule has 1 saturated carbocycles. The number of carbonyl (C=O) groups is 1. The third-order valence-corrected chi connectivity index (χ3v) is 3.61. The van der Waals surface area contributed by atoms with Crippen molar-refractivity contribution in [2.24, 2.45) is 0 Å². The monoisotopic (exact) mass is 247 g/mol. The molecule has 0 spiro atoms. The standard InChI is InChI=1S/C15H21NO2/c1-3-4-11(2)18-14(17)15(9-10-15)12-5-7-13(16)8-6-12/h5-8,11H,3-4,9-10,16H2,1-2H3. The van der Waals surface area contributed by atoms with Gasteiger partial charge in [-0.15, -0.1) is 0 Å². The van der Waals surface area contributed by atoms with Crippen LogP contribution in [-0.4, -0.2) is 12.1 Å². The van der Waals surface area contributed by atoms with E-state index in [9.17, 15) is 4.79 Å². The first-order chi connectivity index (χ1) is 8.58. The molecule has 2 rings (SSSR count). The predicted molar refractivity (Wildman–Crippen MR) is 72.2 cm³/mol. The fourth-order valence-corrected chi connectivity index (χ4v) is 2.30. The normalized spacial score (nSPS) is 18.1. The third kappa shape index (κ3) is 2.50. The summed E-state index contributed by atoms with van der Waals surface area (Å²) in [6.07, 6.45) is 3.73. The highest BCUT2D eigenvalue weighted by atomic mass is 16.5. The molecule has 18 heavy (non-hydrogen) atoms. The van der Waals surface area contributed by atoms with Gasteiger partial charge in [-0.1, -0.05) is 25.5 Å². The van der Waals surface area contributed by atoms with Crippen molar-refractivity contribution in [3.63, 3.8) is 0 Å². The van der Waals surface area contributed by atoms with E-state index in [1.165, 1.54) is 0 Å². The van der Waals surface area contributed by atoms with E-state index in [1.54, 1.807) is 0 Å². The van der Waals surface area contributed by atoms with Crippen LogP contribution < -0.4 is 5.73 Å². The Hall–Kier alpha value is -1.51. The first-order valence-electron chi connectivity index (χ1n) is 6.65. The van der Waals surface area contributed by atoms with Gasteiger partial charge < -0.3 is 10.5 Å². The summed E-state index contributed by atoms with van der Waals surface area (Å²) in [5.41, 5.74) is 7.03. The summed E-state index contributed by atoms with van der Waals surface area (Å²) in [4.78, 5) is 12.2. The number of benzene rings is 1. The molecule has 1 unspecified atom stereocenters. The van der Waals surface area contributed by atoms with E-state index in [0.717, 1.165) is 36.9 Å². The Morgan fingerprint density at radius 2 is 2.00 bits per heavy atom. The van der Waals surface area contributed by atoms with Crippen LogP contribution in [0.2, 0.25) is 0 Å². The number of esters is 1. The Kier molecular flexibility index (Phi) is 3.60. The minimum atomic E-state index is -0.393. The predicted octanol–water partition coefficient (Wildman–Crippen LogP) is 3.03. The third-order valence-electron chi connectivity index (χ3n) is 3.61. The lowest BCUT2D eigenvalue weighted by molar-refractivity contribution is -0.151. The van der Waals surface area contributed by atoms with Crippen molar-refractivity contribution in [3.05, 3.63) is 29.8 Å². The van der Waals surface area contributed by atoms with Gasteiger partial charge in [0.05, 0.1) is 11.5 Å². The van der Waals surface area contributed by atoms with Crippen molar-refractivity contribution < 1.29 is 9.53 Å². The Balaban J connectivity index is 2.07. The molecule has 0 bridgehead atoms. The average Bonchev–Trinajstić information content (AvgIpc) is 3.11. The van der Waals surface area contributed by atoms with Crippen LogP contribution in [0.4, 0.5) is 5.69 Å². The molecule has 0 saturated heterocycles. The summed E-state index contributed by atoms with van der Waals surface area (Å²) in [7, 11) is 0. The molecule has 1 aromatic carbocycles. The highest BCUT2D eigenvalue weighted by Gasteiger charge is 2.53. The minimum absolute atomic E-state index is 0.00811. The van der Waals surface area contributed by atoms with E-state index < -0.39 is 5.41 Å². The van der Waals surface area contributed by atoms with E-state index in [-0.39, 0.29) is 12.1 Å². The SMILES string of the molecule is CCCC(C)OC(=O)C1(c2ccc(N)cc2)CC1. The Bertz CT molecular complexity index is 421. The number of anilines is 1. The van der Waals surface area contributed by atoms with Gasteiger partial charge in [0.1, 0.15) is 0 Å². The van der Waals surface area contributed by atoms with Crippen molar-refractivity contribution >= 4 is 11.7 Å². The van der Waals surface area contributed by atoms with Crippen molar-refractivity contribution in [1.82, 2.24) is 0 Å². The van der Waals surface area contributed by atoms with E-state index >= 15 is 0 Å². The zero-order valence-corrected chi connectivity index (χ0v) is 11.1. The minimum Gasteiger partial charge on any atom is -0.462 e. The molecule has 3 heteroatoms. The van der Waals surface area contributed by atoms with E-state index in [1.807, 2.05) is 31.2 Å². The molecule has 0 radical (unpaired) electrons. The van der Waals surface area contributed by atoms with Crippen molar-refractivity contribution in [2.45, 2.75) is 51.0 Å². The molecule has 98 valence electrons. The van der Waals surface area contributed by atoms with Gasteiger partial charge in [-0.2, -0.15) is 0 Å². The van der Waals surface area contributed by atoms with Crippen molar-refractivity contribution in [1.29, 1.82) is 0 Å². The average molecular weight is 247 g/mol. The first kappa shape index (κ1) is 12.9. The Morgan fingerprint density at radius 1 is 1.39 bits per heavy atom. The van der Waals surface area contributed by atoms with E-state index in [0.29, 0.717) is 0 Å². The lowest BCUT2D eigenvalue weighted by Crippen LogP contribution is -2.27. The number of hydrogen-bond acceptors (Lipinski definition) is 3. The Morgan fingerprint density at radius 3 is 2.50 bits per heavy atom. The van der Waals surface area contributed by atoms with Crippen LogP contribution >= 0.6 is 0 Å². The van der Waals surface area contributed by atoms with Gasteiger partial charge in [-0.05, 0) is 43.9 Å². The van der Waals surface area contributed by atoms with Gasteiger partial charge in [0.2, 0.25) is 0 Å². The molecular weight excluding hydrogens is 226 g/mol. The molecule has 1 aliphatic carbocycles. The maximum atomic E-state index is 12.2. The second-order valence-electron chi connectivity index (χ2n) is 5.21. The molecule has 0 aliphatic heterocycles. The zero-order chi connectivity index (χ0) is 13.2. The summed E-state index contributed by atoms with van der Waals surface area (Å²) < 4.78 is 5.53. The van der Waals surface area contributed by atoms with E-state index in [4.69, 9.17) is 10.5 Å². The number of hydrogen-bond donors (Lipinski definition) is 1. The van der Waals surface area contributed by atoms with Crippen LogP contribution in [-0.2, 0) is 14.9 Å². The van der Waals surface area contributed by atoms with Crippen LogP contribution in [0.1, 0.15) is 45.1 Å². The summed E-state index contributed by atoms with van der Waals surface area (Å²) in [5, 5.41) is 0. The molecule has 1 aliphatic rings. The second kappa shape index (κ2) is 5.01. The maximum Gasteiger partial charge on any atom is 0.316 e. The Labute approximate surface area is 108 Å². The van der Waals surface area contributed by atoms with Crippen molar-refractivity contribution in [2.75, 3.05) is 5.73 Å². The molecule has 1 fully saturated rings. The first-order valence-corrected chi connectivity index (χ1v) is 6.65. The highest BCUT2D eigenvalue weighted by molar-refractivity contribution is 5.86. The maximum absolute atomic E-state index is 12.2. The van der Waals surface area contributed by atoms with E-state index in [2.05, 4.69) is 6.92 Å². The number of nitrogen functional groups attached to an aromatic ring is 1. The quantitative estimate of drug-likeness (QED) is 0.642. The summed E-state index contributed by atoms with van der Waals surface area (Å²) in [6.45, 7) is 4.05. The fraction of sp³-hybridized carbons (Fsp3) is 0.533. The summed E-state index contributed by atoms with van der Waals surface area (Å²) in [6, 6.07) is 7.57. The molecule has 0 heterocycles. The number of nitrogens with two attached hydrogens (primary N) is 1. The molecular formula is C15H21NO2. The lowest BCUT2D eigenvalue weighted by Gasteiger charge is -2.19. The van der Waals surface area contributed by atoms with Crippen LogP contribution in [0, 0.1) is 0 Å². The van der Waals surface area contributed by atoms with Gasteiger partial charge in [0.15, 0.2) is 0 Å².